The van der Waals surface area contributed by atoms with E-state index in [0.717, 1.165) is 61.2 Å². The quantitative estimate of drug-likeness (QED) is 0.173. The first kappa shape index (κ1) is 31.1. The number of nitrogens with zero attached hydrogens (tertiary/aromatic N) is 2. The summed E-state index contributed by atoms with van der Waals surface area (Å²) in [5.41, 5.74) is 11.7. The maximum absolute atomic E-state index is 6.78. The Bertz CT molecular complexity index is 3190. The van der Waals surface area contributed by atoms with Crippen LogP contribution in [-0.2, 0) is 0 Å². The second-order valence-electron chi connectivity index (χ2n) is 14.0. The second-order valence-corrected chi connectivity index (χ2v) is 14.0. The normalized spacial score (nSPS) is 11.6. The lowest BCUT2D eigenvalue weighted by molar-refractivity contribution is 0.620. The van der Waals surface area contributed by atoms with E-state index in [-0.39, 0.29) is 0 Å². The second kappa shape index (κ2) is 12.6. The van der Waals surface area contributed by atoms with Crippen molar-refractivity contribution in [3.8, 4) is 33.7 Å². The lowest BCUT2D eigenvalue weighted by atomic mass is 9.98. The molecular formula is C51H32N2O2. The van der Waals surface area contributed by atoms with E-state index in [4.69, 9.17) is 13.8 Å². The molecule has 2 aromatic heterocycles. The average Bonchev–Trinajstić information content (AvgIpc) is 3.84. The van der Waals surface area contributed by atoms with Gasteiger partial charge in [-0.15, -0.1) is 0 Å². The molecule has 9 aromatic carbocycles. The van der Waals surface area contributed by atoms with E-state index in [9.17, 15) is 0 Å². The summed E-state index contributed by atoms with van der Waals surface area (Å²) in [5, 5.41) is 6.93. The summed E-state index contributed by atoms with van der Waals surface area (Å²) in [6.07, 6.45) is 0. The van der Waals surface area contributed by atoms with Crippen molar-refractivity contribution < 1.29 is 8.83 Å². The van der Waals surface area contributed by atoms with Crippen molar-refractivity contribution in [2.24, 2.45) is 0 Å². The molecule has 2 heterocycles. The van der Waals surface area contributed by atoms with Crippen molar-refractivity contribution in [1.82, 2.24) is 4.98 Å². The van der Waals surface area contributed by atoms with Gasteiger partial charge in [0.1, 0.15) is 11.1 Å². The van der Waals surface area contributed by atoms with Crippen LogP contribution in [0, 0.1) is 0 Å². The molecule has 0 fully saturated rings. The zero-order valence-corrected chi connectivity index (χ0v) is 29.7. The Morgan fingerprint density at radius 2 is 1.04 bits per heavy atom. The summed E-state index contributed by atoms with van der Waals surface area (Å²) >= 11 is 0. The number of fused-ring (bicyclic) bond motifs is 6. The van der Waals surface area contributed by atoms with Crippen LogP contribution in [0.5, 0.6) is 0 Å². The topological polar surface area (TPSA) is 42.4 Å². The Morgan fingerprint density at radius 1 is 0.382 bits per heavy atom. The van der Waals surface area contributed by atoms with Crippen LogP contribution in [0.4, 0.5) is 17.1 Å². The molecule has 0 aliphatic rings. The number of furan rings is 1. The van der Waals surface area contributed by atoms with Gasteiger partial charge in [0.15, 0.2) is 11.2 Å². The minimum atomic E-state index is 0.596. The molecule has 0 bridgehead atoms. The number of benzene rings is 9. The Kier molecular flexibility index (Phi) is 7.14. The van der Waals surface area contributed by atoms with Gasteiger partial charge >= 0.3 is 0 Å². The van der Waals surface area contributed by atoms with Gasteiger partial charge in [-0.2, -0.15) is 0 Å². The number of hydrogen-bond acceptors (Lipinski definition) is 4. The number of oxazole rings is 1. The summed E-state index contributed by atoms with van der Waals surface area (Å²) in [6.45, 7) is 0. The van der Waals surface area contributed by atoms with Crippen LogP contribution in [0.2, 0.25) is 0 Å². The van der Waals surface area contributed by atoms with Crippen molar-refractivity contribution in [2.75, 3.05) is 4.90 Å². The summed E-state index contributed by atoms with van der Waals surface area (Å²) in [6, 6.07) is 68.3. The maximum atomic E-state index is 6.78. The molecule has 55 heavy (non-hydrogen) atoms. The number of rotatable bonds is 6. The van der Waals surface area contributed by atoms with E-state index in [1.807, 2.05) is 36.4 Å². The lowest BCUT2D eigenvalue weighted by Crippen LogP contribution is -2.10. The van der Waals surface area contributed by atoms with Gasteiger partial charge in [-0.1, -0.05) is 133 Å². The fourth-order valence-electron chi connectivity index (χ4n) is 7.95. The SMILES string of the molecule is c1ccc(-c2nc3cc4oc5c(N(c6ccc(-c7ccc8ccccc8c7)cc6)c6ccc(-c7cccc8ccccc78)cc6)cccc5c4cc3o2)cc1. The Labute approximate surface area is 317 Å². The first-order valence-corrected chi connectivity index (χ1v) is 18.5. The van der Waals surface area contributed by atoms with Gasteiger partial charge in [0.2, 0.25) is 5.89 Å². The van der Waals surface area contributed by atoms with Gasteiger partial charge in [-0.25, -0.2) is 4.98 Å². The number of anilines is 3. The van der Waals surface area contributed by atoms with Crippen LogP contribution < -0.4 is 4.90 Å². The van der Waals surface area contributed by atoms with E-state index in [1.54, 1.807) is 0 Å². The van der Waals surface area contributed by atoms with Crippen LogP contribution in [0.15, 0.2) is 203 Å². The predicted molar refractivity (Wildman–Crippen MR) is 227 cm³/mol. The highest BCUT2D eigenvalue weighted by molar-refractivity contribution is 6.13. The van der Waals surface area contributed by atoms with Gasteiger partial charge in [-0.3, -0.25) is 0 Å². The highest BCUT2D eigenvalue weighted by Gasteiger charge is 2.21. The third kappa shape index (κ3) is 5.34. The highest BCUT2D eigenvalue weighted by atomic mass is 16.4. The lowest BCUT2D eigenvalue weighted by Gasteiger charge is -2.26. The zero-order chi connectivity index (χ0) is 36.3. The van der Waals surface area contributed by atoms with Gasteiger partial charge < -0.3 is 13.7 Å². The third-order valence-electron chi connectivity index (χ3n) is 10.7. The smallest absolute Gasteiger partial charge is 0.227 e. The van der Waals surface area contributed by atoms with Crippen molar-refractivity contribution >= 4 is 71.6 Å². The molecule has 0 N–H and O–H groups in total. The fourth-order valence-corrected chi connectivity index (χ4v) is 7.95. The summed E-state index contributed by atoms with van der Waals surface area (Å²) in [7, 11) is 0. The van der Waals surface area contributed by atoms with Gasteiger partial charge in [0.05, 0.1) is 5.69 Å². The Morgan fingerprint density at radius 3 is 1.85 bits per heavy atom. The standard InChI is InChI=1S/C51H32N2O2/c1-2-12-37(13-3-1)51-52-46-32-48-45(31-49(46)55-51)44-18-9-19-47(50(44)54-48)53(40-26-22-34(23-27-40)39-21-20-33-10-4-5-14-38(33)30-39)41-28-24-36(25-29-41)43-17-8-15-35-11-6-7-16-42(35)43/h1-32H. The van der Waals surface area contributed by atoms with Gasteiger partial charge in [-0.05, 0) is 98.4 Å². The van der Waals surface area contributed by atoms with E-state index in [0.29, 0.717) is 5.89 Å². The van der Waals surface area contributed by atoms with Crippen LogP contribution >= 0.6 is 0 Å². The van der Waals surface area contributed by atoms with E-state index in [1.165, 1.54) is 38.2 Å². The van der Waals surface area contributed by atoms with Crippen molar-refractivity contribution in [2.45, 2.75) is 0 Å². The summed E-state index contributed by atoms with van der Waals surface area (Å²) in [4.78, 5) is 7.11. The third-order valence-corrected chi connectivity index (χ3v) is 10.7. The molecule has 0 aliphatic carbocycles. The molecule has 0 saturated heterocycles. The predicted octanol–water partition coefficient (Wildman–Crippen LogP) is 14.5. The van der Waals surface area contributed by atoms with E-state index in [2.05, 4.69) is 163 Å². The largest absolute Gasteiger partial charge is 0.454 e. The Hall–Kier alpha value is -7.43. The molecule has 4 heteroatoms. The molecule has 11 aromatic rings. The summed E-state index contributed by atoms with van der Waals surface area (Å²) in [5.74, 6) is 0.596. The minimum absolute atomic E-state index is 0.596. The molecule has 258 valence electrons. The van der Waals surface area contributed by atoms with Crippen LogP contribution in [0.1, 0.15) is 0 Å². The number of hydrogen-bond donors (Lipinski definition) is 0. The van der Waals surface area contributed by atoms with Crippen molar-refractivity contribution in [1.29, 1.82) is 0 Å². The highest BCUT2D eigenvalue weighted by Crippen LogP contribution is 2.44. The molecule has 11 rings (SSSR count). The first-order chi connectivity index (χ1) is 27.2. The molecule has 0 saturated carbocycles. The van der Waals surface area contributed by atoms with Crippen LogP contribution in [0.25, 0.3) is 88.3 Å². The first-order valence-electron chi connectivity index (χ1n) is 18.5. The zero-order valence-electron chi connectivity index (χ0n) is 29.7. The summed E-state index contributed by atoms with van der Waals surface area (Å²) < 4.78 is 13.1. The van der Waals surface area contributed by atoms with Crippen molar-refractivity contribution in [3.63, 3.8) is 0 Å². The minimum Gasteiger partial charge on any atom is -0.454 e. The number of para-hydroxylation sites is 1. The monoisotopic (exact) mass is 704 g/mol. The molecule has 4 nitrogen and oxygen atoms in total. The molecule has 0 aliphatic heterocycles. The van der Waals surface area contributed by atoms with Crippen LogP contribution in [-0.4, -0.2) is 4.98 Å². The average molecular weight is 705 g/mol. The van der Waals surface area contributed by atoms with Gasteiger partial charge in [0.25, 0.3) is 0 Å². The Balaban J connectivity index is 1.05. The van der Waals surface area contributed by atoms with Crippen molar-refractivity contribution in [3.05, 3.63) is 194 Å². The molecule has 0 spiro atoms. The molecular weight excluding hydrogens is 673 g/mol. The van der Waals surface area contributed by atoms with Gasteiger partial charge in [0, 0.05) is 33.8 Å². The van der Waals surface area contributed by atoms with E-state index >= 15 is 0 Å². The molecule has 0 amide bonds. The molecule has 0 radical (unpaired) electrons. The van der Waals surface area contributed by atoms with E-state index < -0.39 is 0 Å². The molecule has 0 unspecified atom stereocenters. The maximum Gasteiger partial charge on any atom is 0.227 e. The number of aromatic nitrogens is 1. The molecule has 0 atom stereocenters. The van der Waals surface area contributed by atoms with Crippen LogP contribution in [0.3, 0.4) is 0 Å². The fraction of sp³-hybridized carbons (Fsp3) is 0.